The van der Waals surface area contributed by atoms with E-state index in [9.17, 15) is 14.9 Å². The Morgan fingerprint density at radius 3 is 2.48 bits per heavy atom. The molecule has 3 rings (SSSR count). The highest BCUT2D eigenvalue weighted by Gasteiger charge is 2.24. The first kappa shape index (κ1) is 19.7. The molecule has 0 aliphatic heterocycles. The van der Waals surface area contributed by atoms with Crippen LogP contribution in [0.5, 0.6) is 0 Å². The first-order valence-corrected chi connectivity index (χ1v) is 8.86. The Balaban J connectivity index is 1.77. The van der Waals surface area contributed by atoms with Gasteiger partial charge >= 0.3 is 5.69 Å². The highest BCUT2D eigenvalue weighted by atomic mass is 16.6. The van der Waals surface area contributed by atoms with Crippen LogP contribution in [-0.2, 0) is 11.2 Å². The van der Waals surface area contributed by atoms with E-state index in [1.807, 2.05) is 62.4 Å². The molecule has 2 aromatic carbocycles. The van der Waals surface area contributed by atoms with Gasteiger partial charge in [0.05, 0.1) is 11.3 Å². The van der Waals surface area contributed by atoms with Crippen LogP contribution < -0.4 is 16.2 Å². The zero-order chi connectivity index (χ0) is 20.8. The summed E-state index contributed by atoms with van der Waals surface area (Å²) >= 11 is 0. The molecule has 0 atom stereocenters. The lowest BCUT2D eigenvalue weighted by molar-refractivity contribution is -0.383. The van der Waals surface area contributed by atoms with Crippen LogP contribution >= 0.6 is 0 Å². The van der Waals surface area contributed by atoms with E-state index in [1.54, 1.807) is 0 Å². The third-order valence-electron chi connectivity index (χ3n) is 4.17. The fourth-order valence-electron chi connectivity index (χ4n) is 2.77. The van der Waals surface area contributed by atoms with Crippen molar-refractivity contribution in [3.8, 4) is 0 Å². The van der Waals surface area contributed by atoms with Gasteiger partial charge in [-0.25, -0.2) is 9.97 Å². The maximum absolute atomic E-state index is 12.1. The topological polar surface area (TPSA) is 122 Å². The largest absolute Gasteiger partial charge is 0.355 e. The Morgan fingerprint density at radius 2 is 1.79 bits per heavy atom. The summed E-state index contributed by atoms with van der Waals surface area (Å²) < 4.78 is 0. The summed E-state index contributed by atoms with van der Waals surface area (Å²) in [7, 11) is 0. The number of hydrogen-bond acceptors (Lipinski definition) is 7. The molecule has 1 amide bonds. The maximum Gasteiger partial charge on any atom is 0.355 e. The van der Waals surface area contributed by atoms with Crippen LogP contribution in [0.4, 0.5) is 23.0 Å². The van der Waals surface area contributed by atoms with Gasteiger partial charge in [0, 0.05) is 5.69 Å². The van der Waals surface area contributed by atoms with E-state index in [-0.39, 0.29) is 29.7 Å². The number of nitrogens with one attached hydrogen (secondary N) is 3. The van der Waals surface area contributed by atoms with Crippen molar-refractivity contribution >= 4 is 28.9 Å². The van der Waals surface area contributed by atoms with E-state index < -0.39 is 4.92 Å². The highest BCUT2D eigenvalue weighted by molar-refractivity contribution is 5.81. The normalized spacial score (nSPS) is 10.3. The number of carbonyl (C=O) groups is 1. The summed E-state index contributed by atoms with van der Waals surface area (Å²) in [6.45, 7) is 3.86. The first-order valence-electron chi connectivity index (χ1n) is 8.86. The predicted molar refractivity (Wildman–Crippen MR) is 110 cm³/mol. The van der Waals surface area contributed by atoms with Crippen molar-refractivity contribution in [2.45, 2.75) is 20.3 Å². The summed E-state index contributed by atoms with van der Waals surface area (Å²) in [5.41, 5.74) is 8.11. The van der Waals surface area contributed by atoms with E-state index in [1.165, 1.54) is 6.33 Å². The average Bonchev–Trinajstić information content (AvgIpc) is 2.69. The van der Waals surface area contributed by atoms with Crippen LogP contribution in [-0.4, -0.2) is 20.8 Å². The molecular weight excluding hydrogens is 372 g/mol. The lowest BCUT2D eigenvalue weighted by Gasteiger charge is -2.12. The van der Waals surface area contributed by atoms with Crippen molar-refractivity contribution in [3.63, 3.8) is 0 Å². The molecule has 29 heavy (non-hydrogen) atoms. The smallest absolute Gasteiger partial charge is 0.334 e. The molecule has 9 heteroatoms. The van der Waals surface area contributed by atoms with E-state index in [0.717, 1.165) is 16.7 Å². The second-order valence-corrected chi connectivity index (χ2v) is 6.46. The van der Waals surface area contributed by atoms with Crippen molar-refractivity contribution < 1.29 is 9.72 Å². The molecule has 0 aliphatic rings. The minimum atomic E-state index is -0.600. The number of nitro groups is 1. The lowest BCUT2D eigenvalue weighted by atomic mass is 10.1. The first-order chi connectivity index (χ1) is 13.9. The predicted octanol–water partition coefficient (Wildman–Crippen LogP) is 3.43. The van der Waals surface area contributed by atoms with E-state index in [4.69, 9.17) is 0 Å². The Kier molecular flexibility index (Phi) is 5.98. The van der Waals surface area contributed by atoms with E-state index >= 15 is 0 Å². The summed E-state index contributed by atoms with van der Waals surface area (Å²) in [5, 5.41) is 14.6. The summed E-state index contributed by atoms with van der Waals surface area (Å²) in [4.78, 5) is 31.1. The van der Waals surface area contributed by atoms with Crippen molar-refractivity contribution in [2.75, 3.05) is 10.7 Å². The fraction of sp³-hybridized carbons (Fsp3) is 0.150. The van der Waals surface area contributed by atoms with Gasteiger partial charge in [-0.05, 0) is 31.0 Å². The Morgan fingerprint density at radius 1 is 1.07 bits per heavy atom. The number of anilines is 3. The Labute approximate surface area is 167 Å². The third kappa shape index (κ3) is 5.04. The van der Waals surface area contributed by atoms with Crippen LogP contribution in [0.2, 0.25) is 0 Å². The van der Waals surface area contributed by atoms with Gasteiger partial charge in [-0.2, -0.15) is 0 Å². The van der Waals surface area contributed by atoms with Crippen LogP contribution in [0.25, 0.3) is 0 Å². The Hall–Kier alpha value is -4.01. The minimum Gasteiger partial charge on any atom is -0.334 e. The molecule has 3 N–H and O–H groups in total. The van der Waals surface area contributed by atoms with E-state index in [2.05, 4.69) is 26.1 Å². The second kappa shape index (κ2) is 8.79. The molecule has 1 aromatic heterocycles. The minimum absolute atomic E-state index is 0.0248. The standard InChI is InChI=1S/C20H20N6O3/c1-13-8-9-16(14(2)10-13)23-19-18(26(28)29)20(22-12-21-19)25-24-17(27)11-15-6-4-3-5-7-15/h3-10,12H,11H2,1-2H3,(H,24,27)(H2,21,22,23,25). The molecule has 0 unspecified atom stereocenters. The molecule has 9 nitrogen and oxygen atoms in total. The number of nitrogens with zero attached hydrogens (tertiary/aromatic N) is 3. The van der Waals surface area contributed by atoms with Gasteiger partial charge < -0.3 is 5.32 Å². The molecule has 0 fully saturated rings. The van der Waals surface area contributed by atoms with Gasteiger partial charge in [-0.1, -0.05) is 48.0 Å². The number of hydrogen-bond donors (Lipinski definition) is 3. The average molecular weight is 392 g/mol. The summed E-state index contributed by atoms with van der Waals surface area (Å²) in [5.74, 6) is -0.441. The molecular formula is C20H20N6O3. The molecule has 0 aliphatic carbocycles. The van der Waals surface area contributed by atoms with E-state index in [0.29, 0.717) is 5.69 Å². The van der Waals surface area contributed by atoms with Crippen LogP contribution in [0.3, 0.4) is 0 Å². The second-order valence-electron chi connectivity index (χ2n) is 6.46. The van der Waals surface area contributed by atoms with Crippen molar-refractivity contribution in [2.24, 2.45) is 0 Å². The van der Waals surface area contributed by atoms with Gasteiger partial charge in [-0.3, -0.25) is 25.8 Å². The fourth-order valence-corrected chi connectivity index (χ4v) is 2.77. The van der Waals surface area contributed by atoms with Crippen LogP contribution in [0, 0.1) is 24.0 Å². The maximum atomic E-state index is 12.1. The number of rotatable bonds is 7. The number of aromatic nitrogens is 2. The monoisotopic (exact) mass is 392 g/mol. The SMILES string of the molecule is Cc1ccc(Nc2ncnc(NNC(=O)Cc3ccccc3)c2[N+](=O)[O-])c(C)c1. The molecule has 0 saturated carbocycles. The molecule has 0 bridgehead atoms. The van der Waals surface area contributed by atoms with Gasteiger partial charge in [0.1, 0.15) is 6.33 Å². The van der Waals surface area contributed by atoms with Gasteiger partial charge in [0.25, 0.3) is 0 Å². The number of hydrazine groups is 1. The van der Waals surface area contributed by atoms with Crippen molar-refractivity contribution in [1.82, 2.24) is 15.4 Å². The summed E-state index contributed by atoms with van der Waals surface area (Å²) in [6.07, 6.45) is 1.31. The molecule has 0 radical (unpaired) electrons. The van der Waals surface area contributed by atoms with Crippen molar-refractivity contribution in [1.29, 1.82) is 0 Å². The molecule has 0 spiro atoms. The highest BCUT2D eigenvalue weighted by Crippen LogP contribution is 2.31. The number of carbonyl (C=O) groups excluding carboxylic acids is 1. The number of amides is 1. The molecule has 1 heterocycles. The molecule has 148 valence electrons. The van der Waals surface area contributed by atoms with Crippen LogP contribution in [0.1, 0.15) is 16.7 Å². The molecule has 3 aromatic rings. The van der Waals surface area contributed by atoms with Gasteiger partial charge in [0.15, 0.2) is 0 Å². The van der Waals surface area contributed by atoms with Crippen molar-refractivity contribution in [3.05, 3.63) is 81.7 Å². The Bertz CT molecular complexity index is 1040. The zero-order valence-electron chi connectivity index (χ0n) is 16.0. The quantitative estimate of drug-likeness (QED) is 0.416. The lowest BCUT2D eigenvalue weighted by Crippen LogP contribution is -2.31. The third-order valence-corrected chi connectivity index (χ3v) is 4.17. The van der Waals surface area contributed by atoms with Gasteiger partial charge in [0.2, 0.25) is 17.5 Å². The summed E-state index contributed by atoms with van der Waals surface area (Å²) in [6, 6.07) is 14.8. The van der Waals surface area contributed by atoms with Gasteiger partial charge in [-0.15, -0.1) is 0 Å². The number of aryl methyl sites for hydroxylation is 2. The number of benzene rings is 2. The zero-order valence-corrected chi connectivity index (χ0v) is 16.0. The van der Waals surface area contributed by atoms with Crippen LogP contribution in [0.15, 0.2) is 54.9 Å². The molecule has 0 saturated heterocycles.